The molecular weight excluding hydrogens is 452 g/mol. The molecule has 176 valence electrons. The van der Waals surface area contributed by atoms with Crippen molar-refractivity contribution in [3.63, 3.8) is 0 Å². The lowest BCUT2D eigenvalue weighted by molar-refractivity contribution is -0.123. The number of aromatic nitrogens is 1. The van der Waals surface area contributed by atoms with Gasteiger partial charge in [0.25, 0.3) is 5.91 Å². The van der Waals surface area contributed by atoms with Crippen LogP contribution in [0, 0.1) is 0 Å². The lowest BCUT2D eigenvalue weighted by atomic mass is 10.1. The molecule has 2 amide bonds. The number of amides is 2. The Bertz CT molecular complexity index is 1210. The van der Waals surface area contributed by atoms with Crippen molar-refractivity contribution in [3.05, 3.63) is 59.8 Å². The van der Waals surface area contributed by atoms with E-state index in [2.05, 4.69) is 14.8 Å². The van der Waals surface area contributed by atoms with Crippen molar-refractivity contribution >= 4 is 45.7 Å². The summed E-state index contributed by atoms with van der Waals surface area (Å²) in [5.74, 6) is 0.435. The highest BCUT2D eigenvalue weighted by Gasteiger charge is 2.43. The summed E-state index contributed by atoms with van der Waals surface area (Å²) in [6.45, 7) is 5.63. The molecule has 0 radical (unpaired) electrons. The molecule has 3 heterocycles. The number of carbonyl (C=O) groups is 2. The summed E-state index contributed by atoms with van der Waals surface area (Å²) >= 11 is 6.13. The maximum absolute atomic E-state index is 13.2. The third kappa shape index (κ3) is 4.33. The van der Waals surface area contributed by atoms with Crippen molar-refractivity contribution in [2.75, 3.05) is 42.6 Å². The molecule has 2 aliphatic heterocycles. The van der Waals surface area contributed by atoms with E-state index in [1.54, 1.807) is 18.3 Å². The maximum atomic E-state index is 13.2. The fourth-order valence-electron chi connectivity index (χ4n) is 4.74. The maximum Gasteiger partial charge on any atom is 0.251 e. The van der Waals surface area contributed by atoms with Crippen molar-refractivity contribution < 1.29 is 14.3 Å². The van der Waals surface area contributed by atoms with Gasteiger partial charge in [0.2, 0.25) is 5.91 Å². The molecule has 0 spiro atoms. The first-order valence-corrected chi connectivity index (χ1v) is 12.1. The van der Waals surface area contributed by atoms with Crippen molar-refractivity contribution in [2.24, 2.45) is 0 Å². The second-order valence-corrected chi connectivity index (χ2v) is 9.08. The van der Waals surface area contributed by atoms with Gasteiger partial charge >= 0.3 is 0 Å². The Balaban J connectivity index is 1.26. The molecule has 2 aliphatic rings. The summed E-state index contributed by atoms with van der Waals surface area (Å²) in [5.41, 5.74) is 2.58. The van der Waals surface area contributed by atoms with Gasteiger partial charge in [-0.05, 0) is 55.0 Å². The molecule has 1 atom stereocenters. The molecule has 2 aromatic carbocycles. The number of benzene rings is 2. The van der Waals surface area contributed by atoms with Crippen LogP contribution < -0.4 is 14.5 Å². The number of fused-ring (bicyclic) bond motifs is 1. The normalized spacial score (nSPS) is 19.3. The number of carbonyl (C=O) groups excluding carboxylic acids is 2. The van der Waals surface area contributed by atoms with Gasteiger partial charge in [-0.15, -0.1) is 0 Å². The van der Waals surface area contributed by atoms with Crippen LogP contribution in [0.5, 0.6) is 5.75 Å². The largest absolute Gasteiger partial charge is 0.494 e. The highest BCUT2D eigenvalue weighted by molar-refractivity contribution is 6.31. The van der Waals surface area contributed by atoms with E-state index in [1.165, 1.54) is 4.90 Å². The molecule has 3 aromatic rings. The average molecular weight is 479 g/mol. The molecule has 2 saturated heterocycles. The number of nitrogens with zero attached hydrogens (tertiary/aromatic N) is 4. The number of hydrogen-bond donors (Lipinski definition) is 0. The quantitative estimate of drug-likeness (QED) is 0.496. The van der Waals surface area contributed by atoms with Crippen LogP contribution in [0.3, 0.4) is 0 Å². The van der Waals surface area contributed by atoms with Gasteiger partial charge < -0.3 is 9.64 Å². The Hall–Kier alpha value is -3.16. The topological polar surface area (TPSA) is 66.0 Å². The van der Waals surface area contributed by atoms with Crippen LogP contribution in [0.1, 0.15) is 19.8 Å². The number of rotatable bonds is 6. The van der Waals surface area contributed by atoms with Crippen LogP contribution >= 0.6 is 11.6 Å². The number of anilines is 2. The Labute approximate surface area is 203 Å². The Kier molecular flexibility index (Phi) is 6.39. The van der Waals surface area contributed by atoms with Crippen LogP contribution in [0.25, 0.3) is 10.9 Å². The lowest BCUT2D eigenvalue weighted by Crippen LogP contribution is -2.52. The number of ether oxygens (including phenoxy) is 1. The van der Waals surface area contributed by atoms with E-state index in [-0.39, 0.29) is 18.2 Å². The van der Waals surface area contributed by atoms with E-state index in [4.69, 9.17) is 16.3 Å². The first kappa shape index (κ1) is 22.6. The smallest absolute Gasteiger partial charge is 0.251 e. The molecule has 7 nitrogen and oxygen atoms in total. The van der Waals surface area contributed by atoms with Crippen molar-refractivity contribution in [2.45, 2.75) is 25.8 Å². The summed E-state index contributed by atoms with van der Waals surface area (Å²) < 4.78 is 5.61. The van der Waals surface area contributed by atoms with Gasteiger partial charge in [-0.3, -0.25) is 19.5 Å². The molecule has 2 fully saturated rings. The van der Waals surface area contributed by atoms with E-state index in [0.717, 1.165) is 41.9 Å². The van der Waals surface area contributed by atoms with Gasteiger partial charge in [-0.25, -0.2) is 4.90 Å². The number of imide groups is 1. The van der Waals surface area contributed by atoms with E-state index >= 15 is 0 Å². The standard InChI is InChI=1S/C26H27ClN4O3/c1-2-15-34-20-6-4-19(5-7-20)31-25(32)17-24(26(31)33)30-13-11-29(12-14-30)23-9-10-28-22-16-18(27)3-8-21(22)23/h3-10,16,24H,2,11-15,17H2,1H3/t24-/m0/s1. The predicted molar refractivity (Wildman–Crippen MR) is 134 cm³/mol. The van der Waals surface area contributed by atoms with Crippen molar-refractivity contribution in [1.82, 2.24) is 9.88 Å². The van der Waals surface area contributed by atoms with Crippen LogP contribution in [0.2, 0.25) is 5.02 Å². The van der Waals surface area contributed by atoms with Gasteiger partial charge in [-0.2, -0.15) is 0 Å². The summed E-state index contributed by atoms with van der Waals surface area (Å²) in [7, 11) is 0. The third-order valence-electron chi connectivity index (χ3n) is 6.47. The van der Waals surface area contributed by atoms with Gasteiger partial charge in [-0.1, -0.05) is 18.5 Å². The average Bonchev–Trinajstić information content (AvgIpc) is 3.16. The summed E-state index contributed by atoms with van der Waals surface area (Å²) in [5, 5.41) is 1.73. The summed E-state index contributed by atoms with van der Waals surface area (Å²) in [6, 6.07) is 14.5. The first-order valence-electron chi connectivity index (χ1n) is 11.7. The monoisotopic (exact) mass is 478 g/mol. The highest BCUT2D eigenvalue weighted by atomic mass is 35.5. The van der Waals surface area contributed by atoms with Crippen LogP contribution in [-0.2, 0) is 9.59 Å². The van der Waals surface area contributed by atoms with Gasteiger partial charge in [0.05, 0.1) is 30.3 Å². The molecule has 0 aliphatic carbocycles. The van der Waals surface area contributed by atoms with E-state index in [9.17, 15) is 9.59 Å². The minimum Gasteiger partial charge on any atom is -0.494 e. The SMILES string of the molecule is CCCOc1ccc(N2C(=O)C[C@H](N3CCN(c4ccnc5cc(Cl)ccc45)CC3)C2=O)cc1. The first-order chi connectivity index (χ1) is 16.5. The number of hydrogen-bond acceptors (Lipinski definition) is 6. The van der Waals surface area contributed by atoms with Gasteiger partial charge in [0.15, 0.2) is 0 Å². The van der Waals surface area contributed by atoms with E-state index in [0.29, 0.717) is 30.4 Å². The molecule has 0 unspecified atom stereocenters. The molecule has 0 saturated carbocycles. The number of pyridine rings is 1. The van der Waals surface area contributed by atoms with Crippen molar-refractivity contribution in [3.8, 4) is 5.75 Å². The zero-order valence-corrected chi connectivity index (χ0v) is 19.9. The summed E-state index contributed by atoms with van der Waals surface area (Å²) in [6.07, 6.45) is 2.94. The second-order valence-electron chi connectivity index (χ2n) is 8.64. The minimum atomic E-state index is -0.418. The van der Waals surface area contributed by atoms with Gasteiger partial charge in [0, 0.05) is 48.5 Å². The molecule has 5 rings (SSSR count). The molecular formula is C26H27ClN4O3. The lowest BCUT2D eigenvalue weighted by Gasteiger charge is -2.38. The summed E-state index contributed by atoms with van der Waals surface area (Å²) in [4.78, 5) is 36.2. The van der Waals surface area contributed by atoms with E-state index in [1.807, 2.05) is 43.3 Å². The zero-order chi connectivity index (χ0) is 23.7. The molecule has 1 aromatic heterocycles. The third-order valence-corrected chi connectivity index (χ3v) is 6.70. The Morgan fingerprint density at radius 1 is 1.03 bits per heavy atom. The fourth-order valence-corrected chi connectivity index (χ4v) is 4.91. The van der Waals surface area contributed by atoms with Crippen LogP contribution in [-0.4, -0.2) is 60.5 Å². The van der Waals surface area contributed by atoms with Crippen LogP contribution in [0.15, 0.2) is 54.7 Å². The molecule has 8 heteroatoms. The second kappa shape index (κ2) is 9.60. The number of halogens is 1. The van der Waals surface area contributed by atoms with Crippen LogP contribution in [0.4, 0.5) is 11.4 Å². The van der Waals surface area contributed by atoms with Crippen molar-refractivity contribution in [1.29, 1.82) is 0 Å². The van der Waals surface area contributed by atoms with Gasteiger partial charge in [0.1, 0.15) is 5.75 Å². The highest BCUT2D eigenvalue weighted by Crippen LogP contribution is 2.31. The molecule has 34 heavy (non-hydrogen) atoms. The Morgan fingerprint density at radius 2 is 1.79 bits per heavy atom. The zero-order valence-electron chi connectivity index (χ0n) is 19.1. The minimum absolute atomic E-state index is 0.148. The fraction of sp³-hybridized carbons (Fsp3) is 0.346. The van der Waals surface area contributed by atoms with E-state index < -0.39 is 6.04 Å². The predicted octanol–water partition coefficient (Wildman–Crippen LogP) is 4.13. The Morgan fingerprint density at radius 3 is 2.53 bits per heavy atom. The molecule has 0 bridgehead atoms. The number of piperazine rings is 1. The molecule has 0 N–H and O–H groups in total.